The average Bonchev–Trinajstić information content (AvgIpc) is 2.21. The highest BCUT2D eigenvalue weighted by Gasteiger charge is 2.12. The van der Waals surface area contributed by atoms with Crippen LogP contribution in [0.4, 0.5) is 0 Å². The number of benzene rings is 1. The van der Waals surface area contributed by atoms with E-state index < -0.39 is 0 Å². The SMILES string of the molecule is CCOCC(NN)c1ccc(C)cc1Cl. The molecule has 4 heteroatoms. The van der Waals surface area contributed by atoms with E-state index in [0.29, 0.717) is 13.2 Å². The van der Waals surface area contributed by atoms with E-state index in [1.54, 1.807) is 0 Å². The third-order valence-corrected chi connectivity index (χ3v) is 2.55. The van der Waals surface area contributed by atoms with Crippen molar-refractivity contribution < 1.29 is 4.74 Å². The Balaban J connectivity index is 2.81. The van der Waals surface area contributed by atoms with E-state index in [4.69, 9.17) is 22.2 Å². The monoisotopic (exact) mass is 228 g/mol. The normalized spacial score (nSPS) is 12.8. The van der Waals surface area contributed by atoms with Crippen LogP contribution in [-0.2, 0) is 4.74 Å². The van der Waals surface area contributed by atoms with E-state index >= 15 is 0 Å². The zero-order valence-corrected chi connectivity index (χ0v) is 9.84. The van der Waals surface area contributed by atoms with E-state index in [2.05, 4.69) is 5.43 Å². The maximum Gasteiger partial charge on any atom is 0.0708 e. The van der Waals surface area contributed by atoms with E-state index in [0.717, 1.165) is 16.1 Å². The average molecular weight is 229 g/mol. The maximum absolute atomic E-state index is 6.13. The van der Waals surface area contributed by atoms with Crippen LogP contribution in [0, 0.1) is 6.92 Å². The summed E-state index contributed by atoms with van der Waals surface area (Å²) in [6.07, 6.45) is 0. The predicted molar refractivity (Wildman–Crippen MR) is 62.7 cm³/mol. The molecule has 0 saturated carbocycles. The maximum atomic E-state index is 6.13. The number of nitrogens with one attached hydrogen (secondary N) is 1. The number of nitrogens with two attached hydrogens (primary N) is 1. The van der Waals surface area contributed by atoms with Crippen molar-refractivity contribution in [2.45, 2.75) is 19.9 Å². The lowest BCUT2D eigenvalue weighted by Crippen LogP contribution is -2.31. The zero-order valence-electron chi connectivity index (χ0n) is 9.09. The number of hydrogen-bond acceptors (Lipinski definition) is 3. The lowest BCUT2D eigenvalue weighted by atomic mass is 10.1. The van der Waals surface area contributed by atoms with Gasteiger partial charge in [0, 0.05) is 11.6 Å². The van der Waals surface area contributed by atoms with Gasteiger partial charge in [0.05, 0.1) is 12.6 Å². The van der Waals surface area contributed by atoms with Crippen LogP contribution in [0.1, 0.15) is 24.1 Å². The van der Waals surface area contributed by atoms with Crippen LogP contribution in [-0.4, -0.2) is 13.2 Å². The smallest absolute Gasteiger partial charge is 0.0708 e. The van der Waals surface area contributed by atoms with Gasteiger partial charge >= 0.3 is 0 Å². The largest absolute Gasteiger partial charge is 0.380 e. The van der Waals surface area contributed by atoms with Crippen LogP contribution in [0.5, 0.6) is 0 Å². The van der Waals surface area contributed by atoms with Crippen LogP contribution >= 0.6 is 11.6 Å². The first-order valence-corrected chi connectivity index (χ1v) is 5.36. The fourth-order valence-electron chi connectivity index (χ4n) is 1.38. The van der Waals surface area contributed by atoms with Gasteiger partial charge in [0.2, 0.25) is 0 Å². The first-order chi connectivity index (χ1) is 7.19. The van der Waals surface area contributed by atoms with Crippen molar-refractivity contribution in [3.05, 3.63) is 34.3 Å². The molecule has 15 heavy (non-hydrogen) atoms. The van der Waals surface area contributed by atoms with E-state index in [1.807, 2.05) is 32.0 Å². The minimum Gasteiger partial charge on any atom is -0.380 e. The van der Waals surface area contributed by atoms with Crippen LogP contribution in [0.15, 0.2) is 18.2 Å². The summed E-state index contributed by atoms with van der Waals surface area (Å²) in [5.74, 6) is 5.46. The summed E-state index contributed by atoms with van der Waals surface area (Å²) >= 11 is 6.13. The van der Waals surface area contributed by atoms with Crippen molar-refractivity contribution in [3.63, 3.8) is 0 Å². The van der Waals surface area contributed by atoms with Gasteiger partial charge < -0.3 is 4.74 Å². The molecule has 1 rings (SSSR count). The highest BCUT2D eigenvalue weighted by atomic mass is 35.5. The third-order valence-electron chi connectivity index (χ3n) is 2.22. The number of rotatable bonds is 5. The summed E-state index contributed by atoms with van der Waals surface area (Å²) < 4.78 is 5.33. The molecular weight excluding hydrogens is 212 g/mol. The molecule has 0 bridgehead atoms. The van der Waals surface area contributed by atoms with Gasteiger partial charge in [0.1, 0.15) is 0 Å². The quantitative estimate of drug-likeness (QED) is 0.600. The summed E-state index contributed by atoms with van der Waals surface area (Å²) in [6, 6.07) is 5.85. The van der Waals surface area contributed by atoms with Crippen LogP contribution in [0.2, 0.25) is 5.02 Å². The molecule has 3 nitrogen and oxygen atoms in total. The Morgan fingerprint density at radius 3 is 2.80 bits per heavy atom. The van der Waals surface area contributed by atoms with Gasteiger partial charge in [-0.2, -0.15) is 0 Å². The molecule has 84 valence electrons. The summed E-state index contributed by atoms with van der Waals surface area (Å²) in [4.78, 5) is 0. The van der Waals surface area contributed by atoms with Crippen LogP contribution in [0.25, 0.3) is 0 Å². The van der Waals surface area contributed by atoms with Crippen molar-refractivity contribution in [1.82, 2.24) is 5.43 Å². The molecule has 0 heterocycles. The molecule has 0 saturated heterocycles. The van der Waals surface area contributed by atoms with Gasteiger partial charge in [0.25, 0.3) is 0 Å². The molecular formula is C11H17ClN2O. The van der Waals surface area contributed by atoms with Gasteiger partial charge in [-0.15, -0.1) is 0 Å². The van der Waals surface area contributed by atoms with E-state index in [-0.39, 0.29) is 6.04 Å². The van der Waals surface area contributed by atoms with Crippen molar-refractivity contribution in [1.29, 1.82) is 0 Å². The Morgan fingerprint density at radius 1 is 1.53 bits per heavy atom. The first-order valence-electron chi connectivity index (χ1n) is 4.99. The van der Waals surface area contributed by atoms with E-state index in [1.165, 1.54) is 0 Å². The summed E-state index contributed by atoms with van der Waals surface area (Å²) in [5.41, 5.74) is 4.81. The lowest BCUT2D eigenvalue weighted by Gasteiger charge is -2.17. The standard InChI is InChI=1S/C11H17ClN2O/c1-3-15-7-11(14-13)9-5-4-8(2)6-10(9)12/h4-6,11,14H,3,7,13H2,1-2H3. The molecule has 0 aliphatic heterocycles. The minimum atomic E-state index is -0.0574. The second kappa shape index (κ2) is 6.08. The molecule has 0 aromatic heterocycles. The Bertz CT molecular complexity index is 317. The fraction of sp³-hybridized carbons (Fsp3) is 0.455. The van der Waals surface area contributed by atoms with Gasteiger partial charge in [-0.3, -0.25) is 11.3 Å². The number of halogens is 1. The van der Waals surface area contributed by atoms with Crippen LogP contribution < -0.4 is 11.3 Å². The molecule has 0 fully saturated rings. The molecule has 1 unspecified atom stereocenters. The number of aryl methyl sites for hydroxylation is 1. The topological polar surface area (TPSA) is 47.3 Å². The molecule has 0 amide bonds. The first kappa shape index (κ1) is 12.5. The summed E-state index contributed by atoms with van der Waals surface area (Å²) in [7, 11) is 0. The van der Waals surface area contributed by atoms with Gasteiger partial charge in [-0.25, -0.2) is 0 Å². The predicted octanol–water partition coefficient (Wildman–Crippen LogP) is 2.19. The van der Waals surface area contributed by atoms with Gasteiger partial charge in [0.15, 0.2) is 0 Å². The fourth-order valence-corrected chi connectivity index (χ4v) is 1.74. The third kappa shape index (κ3) is 3.47. The molecule has 0 aliphatic rings. The Kier molecular flexibility index (Phi) is 5.05. The molecule has 1 aromatic rings. The Hall–Kier alpha value is -0.610. The molecule has 0 aliphatic carbocycles. The van der Waals surface area contributed by atoms with Gasteiger partial charge in [-0.05, 0) is 31.0 Å². The molecule has 0 radical (unpaired) electrons. The van der Waals surface area contributed by atoms with Gasteiger partial charge in [-0.1, -0.05) is 23.7 Å². The van der Waals surface area contributed by atoms with Crippen molar-refractivity contribution in [3.8, 4) is 0 Å². The Labute approximate surface area is 95.5 Å². The van der Waals surface area contributed by atoms with Crippen molar-refractivity contribution in [2.75, 3.05) is 13.2 Å². The molecule has 1 aromatic carbocycles. The van der Waals surface area contributed by atoms with Crippen molar-refractivity contribution >= 4 is 11.6 Å². The molecule has 0 spiro atoms. The lowest BCUT2D eigenvalue weighted by molar-refractivity contribution is 0.123. The second-order valence-electron chi connectivity index (χ2n) is 3.40. The summed E-state index contributed by atoms with van der Waals surface area (Å²) in [6.45, 7) is 5.14. The Morgan fingerprint density at radius 2 is 2.27 bits per heavy atom. The highest BCUT2D eigenvalue weighted by Crippen LogP contribution is 2.23. The summed E-state index contributed by atoms with van der Waals surface area (Å²) in [5, 5.41) is 0.720. The number of hydrogen-bond donors (Lipinski definition) is 2. The van der Waals surface area contributed by atoms with E-state index in [9.17, 15) is 0 Å². The second-order valence-corrected chi connectivity index (χ2v) is 3.81. The number of ether oxygens (including phenoxy) is 1. The minimum absolute atomic E-state index is 0.0574. The molecule has 3 N–H and O–H groups in total. The molecule has 1 atom stereocenters. The number of hydrazine groups is 1. The highest BCUT2D eigenvalue weighted by molar-refractivity contribution is 6.31. The van der Waals surface area contributed by atoms with Crippen LogP contribution in [0.3, 0.4) is 0 Å². The van der Waals surface area contributed by atoms with Crippen molar-refractivity contribution in [2.24, 2.45) is 5.84 Å². The zero-order chi connectivity index (χ0) is 11.3.